The third kappa shape index (κ3) is 3.71. The first-order valence-corrected chi connectivity index (χ1v) is 8.40. The molecule has 0 aliphatic heterocycles. The average molecular weight is 380 g/mol. The number of imidazole rings is 1. The number of nitrogens with one attached hydrogen (secondary N) is 1. The second-order valence-electron chi connectivity index (χ2n) is 6.72. The molecule has 9 heteroatoms. The number of nitrogens with zero attached hydrogens (tertiary/aromatic N) is 4. The number of aromatic nitrogens is 4. The Kier molecular flexibility index (Phi) is 4.72. The van der Waals surface area contributed by atoms with E-state index in [4.69, 9.17) is 11.6 Å². The average Bonchev–Trinajstić information content (AvgIpc) is 2.79. The van der Waals surface area contributed by atoms with Gasteiger partial charge in [0.1, 0.15) is 5.02 Å². The molecule has 138 valence electrons. The zero-order valence-corrected chi connectivity index (χ0v) is 15.4. The van der Waals surface area contributed by atoms with E-state index in [1.807, 2.05) is 0 Å². The van der Waals surface area contributed by atoms with E-state index in [0.29, 0.717) is 24.2 Å². The Morgan fingerprint density at radius 2 is 2.08 bits per heavy atom. The van der Waals surface area contributed by atoms with Gasteiger partial charge in [0.2, 0.25) is 0 Å². The molecule has 2 N–H and O–H groups in total. The van der Waals surface area contributed by atoms with Gasteiger partial charge in [-0.3, -0.25) is 9.13 Å². The van der Waals surface area contributed by atoms with Crippen LogP contribution >= 0.6 is 11.6 Å². The van der Waals surface area contributed by atoms with E-state index in [9.17, 15) is 14.3 Å². The minimum Gasteiger partial charge on any atom is -0.390 e. The van der Waals surface area contributed by atoms with Crippen molar-refractivity contribution >= 4 is 34.1 Å². The number of anilines is 2. The standard InChI is InChI=1S/C17H19ClFN5O2/c1-17(2,26)6-7-24-13-8-10(4-5-12(13)23(3)16(24)25)21-14-11(18)9-20-15(19)22-14/h4-5,8-9,26H,6-7H2,1-3H3,(H,20,21,22). The lowest BCUT2D eigenvalue weighted by molar-refractivity contribution is 0.0662. The van der Waals surface area contributed by atoms with Crippen LogP contribution in [0.15, 0.2) is 29.2 Å². The summed E-state index contributed by atoms with van der Waals surface area (Å²) in [4.78, 5) is 19.5. The fourth-order valence-electron chi connectivity index (χ4n) is 2.66. The van der Waals surface area contributed by atoms with Crippen LogP contribution in [0.1, 0.15) is 20.3 Å². The first-order valence-electron chi connectivity index (χ1n) is 8.02. The monoisotopic (exact) mass is 379 g/mol. The molecule has 0 spiro atoms. The molecule has 0 aliphatic carbocycles. The molecule has 7 nitrogen and oxygen atoms in total. The summed E-state index contributed by atoms with van der Waals surface area (Å²) < 4.78 is 16.4. The maximum absolute atomic E-state index is 13.2. The number of hydrogen-bond donors (Lipinski definition) is 2. The Morgan fingerprint density at radius 1 is 1.35 bits per heavy atom. The van der Waals surface area contributed by atoms with Crippen molar-refractivity contribution in [1.82, 2.24) is 19.1 Å². The van der Waals surface area contributed by atoms with E-state index in [1.54, 1.807) is 48.2 Å². The molecular weight excluding hydrogens is 361 g/mol. The minimum absolute atomic E-state index is 0.139. The highest BCUT2D eigenvalue weighted by atomic mass is 35.5. The van der Waals surface area contributed by atoms with Gasteiger partial charge in [-0.1, -0.05) is 11.6 Å². The molecule has 0 amide bonds. The highest BCUT2D eigenvalue weighted by molar-refractivity contribution is 6.32. The van der Waals surface area contributed by atoms with Gasteiger partial charge in [0.15, 0.2) is 5.82 Å². The van der Waals surface area contributed by atoms with Gasteiger partial charge in [0.05, 0.1) is 22.8 Å². The van der Waals surface area contributed by atoms with E-state index in [0.717, 1.165) is 5.52 Å². The second kappa shape index (κ2) is 6.69. The van der Waals surface area contributed by atoms with Crippen LogP contribution < -0.4 is 11.0 Å². The SMILES string of the molecule is Cn1c(=O)n(CCC(C)(C)O)c2cc(Nc3nc(F)ncc3Cl)ccc21. The number of rotatable bonds is 5. The summed E-state index contributed by atoms with van der Waals surface area (Å²) >= 11 is 5.98. The number of fused-ring (bicyclic) bond motifs is 1. The molecule has 0 saturated carbocycles. The molecule has 26 heavy (non-hydrogen) atoms. The van der Waals surface area contributed by atoms with E-state index < -0.39 is 11.7 Å². The molecular formula is C17H19ClFN5O2. The normalized spacial score (nSPS) is 11.9. The van der Waals surface area contributed by atoms with Crippen LogP contribution in [0.4, 0.5) is 15.9 Å². The van der Waals surface area contributed by atoms with Crippen molar-refractivity contribution in [2.24, 2.45) is 7.05 Å². The van der Waals surface area contributed by atoms with Gasteiger partial charge in [-0.2, -0.15) is 9.37 Å². The molecule has 3 aromatic rings. The Labute approximate surface area is 154 Å². The molecule has 2 aromatic heterocycles. The number of halogens is 2. The maximum atomic E-state index is 13.2. The zero-order chi connectivity index (χ0) is 19.1. The van der Waals surface area contributed by atoms with Gasteiger partial charge < -0.3 is 10.4 Å². The summed E-state index contributed by atoms with van der Waals surface area (Å²) in [6.45, 7) is 3.76. The Hall–Kier alpha value is -2.45. The Bertz CT molecular complexity index is 1020. The lowest BCUT2D eigenvalue weighted by Crippen LogP contribution is -2.27. The Morgan fingerprint density at radius 3 is 2.77 bits per heavy atom. The van der Waals surface area contributed by atoms with E-state index in [2.05, 4.69) is 15.3 Å². The number of benzene rings is 1. The van der Waals surface area contributed by atoms with E-state index >= 15 is 0 Å². The summed E-state index contributed by atoms with van der Waals surface area (Å²) in [5, 5.41) is 13.1. The summed E-state index contributed by atoms with van der Waals surface area (Å²) in [6, 6.07) is 5.29. The van der Waals surface area contributed by atoms with Gasteiger partial charge in [-0.25, -0.2) is 9.78 Å². The van der Waals surface area contributed by atoms with Gasteiger partial charge >= 0.3 is 11.8 Å². The van der Waals surface area contributed by atoms with Crippen molar-refractivity contribution in [1.29, 1.82) is 0 Å². The van der Waals surface area contributed by atoms with Crippen molar-refractivity contribution in [3.63, 3.8) is 0 Å². The molecule has 0 radical (unpaired) electrons. The van der Waals surface area contributed by atoms with E-state index in [-0.39, 0.29) is 16.5 Å². The highest BCUT2D eigenvalue weighted by Crippen LogP contribution is 2.25. The van der Waals surface area contributed by atoms with Crippen molar-refractivity contribution in [2.45, 2.75) is 32.4 Å². The van der Waals surface area contributed by atoms with Gasteiger partial charge in [-0.15, -0.1) is 0 Å². The molecule has 0 fully saturated rings. The third-order valence-electron chi connectivity index (χ3n) is 4.07. The molecule has 0 aliphatic rings. The minimum atomic E-state index is -0.889. The lowest BCUT2D eigenvalue weighted by atomic mass is 10.1. The van der Waals surface area contributed by atoms with E-state index in [1.165, 1.54) is 6.20 Å². The molecule has 0 unspecified atom stereocenters. The first kappa shape index (κ1) is 18.3. The summed E-state index contributed by atoms with van der Waals surface area (Å²) in [7, 11) is 1.69. The smallest absolute Gasteiger partial charge is 0.328 e. The number of aryl methyl sites for hydroxylation is 2. The first-order chi connectivity index (χ1) is 12.2. The number of hydrogen-bond acceptors (Lipinski definition) is 5. The molecule has 3 rings (SSSR count). The predicted octanol–water partition coefficient (Wildman–Crippen LogP) is 2.83. The largest absolute Gasteiger partial charge is 0.390 e. The molecule has 2 heterocycles. The van der Waals surface area contributed by atoms with Crippen LogP contribution in [0.25, 0.3) is 11.0 Å². The predicted molar refractivity (Wildman–Crippen MR) is 98.4 cm³/mol. The van der Waals surface area contributed by atoms with Crippen LogP contribution in [-0.2, 0) is 13.6 Å². The summed E-state index contributed by atoms with van der Waals surface area (Å²) in [5.41, 5.74) is 0.977. The maximum Gasteiger partial charge on any atom is 0.328 e. The van der Waals surface area contributed by atoms with Crippen LogP contribution in [0.3, 0.4) is 0 Å². The van der Waals surface area contributed by atoms with Crippen molar-refractivity contribution < 1.29 is 9.50 Å². The third-order valence-corrected chi connectivity index (χ3v) is 4.35. The van der Waals surface area contributed by atoms with Crippen molar-refractivity contribution in [3.05, 3.63) is 46.0 Å². The zero-order valence-electron chi connectivity index (χ0n) is 14.6. The topological polar surface area (TPSA) is 85.0 Å². The van der Waals surface area contributed by atoms with Gasteiger partial charge in [-0.05, 0) is 38.5 Å². The van der Waals surface area contributed by atoms with Crippen LogP contribution in [0.5, 0.6) is 0 Å². The van der Waals surface area contributed by atoms with Gasteiger partial charge in [0.25, 0.3) is 0 Å². The lowest BCUT2D eigenvalue weighted by Gasteiger charge is -2.17. The van der Waals surface area contributed by atoms with Gasteiger partial charge in [0, 0.05) is 19.3 Å². The summed E-state index contributed by atoms with van der Waals surface area (Å²) in [5.74, 6) is 0.139. The molecule has 1 aromatic carbocycles. The van der Waals surface area contributed by atoms with Crippen LogP contribution in [-0.4, -0.2) is 29.8 Å². The summed E-state index contributed by atoms with van der Waals surface area (Å²) in [6.07, 6.45) is 0.707. The molecule has 0 bridgehead atoms. The van der Waals surface area contributed by atoms with Crippen LogP contribution in [0.2, 0.25) is 5.02 Å². The Balaban J connectivity index is 2.01. The fourth-order valence-corrected chi connectivity index (χ4v) is 2.80. The fraction of sp³-hybridized carbons (Fsp3) is 0.353. The van der Waals surface area contributed by atoms with Crippen molar-refractivity contribution in [3.8, 4) is 0 Å². The quantitative estimate of drug-likeness (QED) is 0.666. The second-order valence-corrected chi connectivity index (χ2v) is 7.13. The van der Waals surface area contributed by atoms with Crippen LogP contribution in [0, 0.1) is 6.08 Å². The highest BCUT2D eigenvalue weighted by Gasteiger charge is 2.17. The molecule has 0 atom stereocenters. The van der Waals surface area contributed by atoms with Crippen molar-refractivity contribution in [2.75, 3.05) is 5.32 Å². The number of aliphatic hydroxyl groups is 1. The molecule has 0 saturated heterocycles.